The monoisotopic (exact) mass is 431 g/mol. The molecule has 1 N–H and O–H groups in total. The molecule has 0 spiro atoms. The van der Waals surface area contributed by atoms with Crippen molar-refractivity contribution >= 4 is 6.08 Å². The van der Waals surface area contributed by atoms with E-state index in [1.54, 1.807) is 5.57 Å². The fourth-order valence-electron chi connectivity index (χ4n) is 5.14. The molecule has 2 aliphatic heterocycles. The molecule has 3 heteroatoms. The van der Waals surface area contributed by atoms with Crippen LogP contribution in [0.3, 0.4) is 0 Å². The van der Waals surface area contributed by atoms with Crippen LogP contribution in [0.4, 0.5) is 0 Å². The Kier molecular flexibility index (Phi) is 8.96. The standard InChI is InChI=1S/C29H41N3/c1-25(27-10-4-2-5-11-27)24-32-19-14-26(15-20-32)22-28-12-6-7-13-29(28)23-30-16-21-31-17-8-3-9-18-31/h2,4-7,10-13,22,25,30H,3,8-9,14-21,23-24H2,1H3. The van der Waals surface area contributed by atoms with E-state index >= 15 is 0 Å². The molecular formula is C29H41N3. The third-order valence-corrected chi connectivity index (χ3v) is 7.18. The average molecular weight is 432 g/mol. The predicted octanol–water partition coefficient (Wildman–Crippen LogP) is 5.55. The number of rotatable bonds is 9. The molecule has 2 fully saturated rings. The summed E-state index contributed by atoms with van der Waals surface area (Å²) in [5.41, 5.74) is 5.89. The van der Waals surface area contributed by atoms with Crippen molar-refractivity contribution in [3.63, 3.8) is 0 Å². The minimum absolute atomic E-state index is 0.596. The van der Waals surface area contributed by atoms with Gasteiger partial charge in [0.2, 0.25) is 0 Å². The fourth-order valence-corrected chi connectivity index (χ4v) is 5.14. The van der Waals surface area contributed by atoms with Crippen LogP contribution in [-0.4, -0.2) is 55.6 Å². The average Bonchev–Trinajstić information content (AvgIpc) is 2.85. The minimum atomic E-state index is 0.596. The molecule has 2 aliphatic rings. The predicted molar refractivity (Wildman–Crippen MR) is 137 cm³/mol. The Morgan fingerprint density at radius 3 is 2.34 bits per heavy atom. The van der Waals surface area contributed by atoms with E-state index in [1.165, 1.54) is 81.5 Å². The first-order valence-electron chi connectivity index (χ1n) is 12.8. The Morgan fingerprint density at radius 2 is 1.56 bits per heavy atom. The van der Waals surface area contributed by atoms with Gasteiger partial charge in [-0.25, -0.2) is 0 Å². The number of benzene rings is 2. The van der Waals surface area contributed by atoms with Gasteiger partial charge in [0.1, 0.15) is 0 Å². The molecule has 3 nitrogen and oxygen atoms in total. The molecule has 32 heavy (non-hydrogen) atoms. The molecule has 1 unspecified atom stereocenters. The molecular weight excluding hydrogens is 390 g/mol. The highest BCUT2D eigenvalue weighted by molar-refractivity contribution is 5.57. The second-order valence-corrected chi connectivity index (χ2v) is 9.69. The van der Waals surface area contributed by atoms with Crippen molar-refractivity contribution in [3.05, 3.63) is 76.9 Å². The number of piperidine rings is 2. The van der Waals surface area contributed by atoms with E-state index in [0.29, 0.717) is 5.92 Å². The fraction of sp³-hybridized carbons (Fsp3) is 0.517. The van der Waals surface area contributed by atoms with E-state index in [1.807, 2.05) is 0 Å². The number of nitrogens with zero attached hydrogens (tertiary/aromatic N) is 2. The normalized spacial score (nSPS) is 19.1. The molecule has 172 valence electrons. The lowest BCUT2D eigenvalue weighted by Gasteiger charge is -2.31. The van der Waals surface area contributed by atoms with E-state index in [9.17, 15) is 0 Å². The summed E-state index contributed by atoms with van der Waals surface area (Å²) >= 11 is 0. The summed E-state index contributed by atoms with van der Waals surface area (Å²) in [6.07, 6.45) is 9.02. The van der Waals surface area contributed by atoms with Gasteiger partial charge in [0.05, 0.1) is 0 Å². The smallest absolute Gasteiger partial charge is 0.0211 e. The molecule has 2 aromatic carbocycles. The third-order valence-electron chi connectivity index (χ3n) is 7.18. The van der Waals surface area contributed by atoms with Crippen LogP contribution in [0.5, 0.6) is 0 Å². The van der Waals surface area contributed by atoms with Crippen molar-refractivity contribution in [2.24, 2.45) is 0 Å². The Morgan fingerprint density at radius 1 is 0.844 bits per heavy atom. The molecule has 0 bridgehead atoms. The lowest BCUT2D eigenvalue weighted by molar-refractivity contribution is 0.229. The first kappa shape index (κ1) is 23.2. The quantitative estimate of drug-likeness (QED) is 0.526. The first-order valence-corrected chi connectivity index (χ1v) is 12.8. The van der Waals surface area contributed by atoms with E-state index in [-0.39, 0.29) is 0 Å². The van der Waals surface area contributed by atoms with Crippen LogP contribution in [0.1, 0.15) is 61.6 Å². The highest BCUT2D eigenvalue weighted by Crippen LogP contribution is 2.24. The number of likely N-dealkylation sites (tertiary alicyclic amines) is 2. The zero-order valence-corrected chi connectivity index (χ0v) is 19.9. The second-order valence-electron chi connectivity index (χ2n) is 9.69. The van der Waals surface area contributed by atoms with Crippen molar-refractivity contribution in [3.8, 4) is 0 Å². The molecule has 1 atom stereocenters. The van der Waals surface area contributed by atoms with E-state index < -0.39 is 0 Å². The van der Waals surface area contributed by atoms with Crippen molar-refractivity contribution in [2.75, 3.05) is 45.8 Å². The highest BCUT2D eigenvalue weighted by atomic mass is 15.1. The largest absolute Gasteiger partial charge is 0.311 e. The zero-order valence-electron chi connectivity index (χ0n) is 19.9. The van der Waals surface area contributed by atoms with Gasteiger partial charge in [-0.2, -0.15) is 0 Å². The summed E-state index contributed by atoms with van der Waals surface area (Å²) in [4.78, 5) is 5.25. The maximum absolute atomic E-state index is 3.69. The Hall–Kier alpha value is -1.94. The molecule has 2 aromatic rings. The van der Waals surface area contributed by atoms with Gasteiger partial charge in [-0.3, -0.25) is 0 Å². The first-order chi connectivity index (χ1) is 15.8. The van der Waals surface area contributed by atoms with Crippen LogP contribution in [0, 0.1) is 0 Å². The van der Waals surface area contributed by atoms with Crippen LogP contribution in [-0.2, 0) is 6.54 Å². The van der Waals surface area contributed by atoms with Crippen LogP contribution < -0.4 is 5.32 Å². The second kappa shape index (κ2) is 12.3. The molecule has 0 amide bonds. The van der Waals surface area contributed by atoms with Gasteiger partial charge in [0.25, 0.3) is 0 Å². The zero-order chi connectivity index (χ0) is 22.0. The van der Waals surface area contributed by atoms with Gasteiger partial charge in [-0.1, -0.05) is 79.6 Å². The Labute approximate surface area is 195 Å². The maximum atomic E-state index is 3.69. The lowest BCUT2D eigenvalue weighted by Crippen LogP contribution is -2.35. The third kappa shape index (κ3) is 7.03. The van der Waals surface area contributed by atoms with Crippen LogP contribution in [0.15, 0.2) is 60.2 Å². The molecule has 0 aromatic heterocycles. The maximum Gasteiger partial charge on any atom is 0.0211 e. The van der Waals surface area contributed by atoms with Gasteiger partial charge in [-0.15, -0.1) is 0 Å². The number of hydrogen-bond acceptors (Lipinski definition) is 3. The van der Waals surface area contributed by atoms with Crippen molar-refractivity contribution in [1.82, 2.24) is 15.1 Å². The van der Waals surface area contributed by atoms with Crippen molar-refractivity contribution in [2.45, 2.75) is 51.5 Å². The lowest BCUT2D eigenvalue weighted by atomic mass is 9.96. The topological polar surface area (TPSA) is 18.5 Å². The van der Waals surface area contributed by atoms with Gasteiger partial charge < -0.3 is 15.1 Å². The van der Waals surface area contributed by atoms with Gasteiger partial charge in [-0.05, 0) is 61.4 Å². The SMILES string of the molecule is CC(CN1CCC(=Cc2ccccc2CNCCN2CCCCC2)CC1)c1ccccc1. The van der Waals surface area contributed by atoms with E-state index in [0.717, 1.165) is 19.6 Å². The summed E-state index contributed by atoms with van der Waals surface area (Å²) in [6, 6.07) is 19.9. The number of nitrogens with one attached hydrogen (secondary N) is 1. The Bertz CT molecular complexity index is 828. The van der Waals surface area contributed by atoms with E-state index in [2.05, 4.69) is 82.7 Å². The van der Waals surface area contributed by atoms with E-state index in [4.69, 9.17) is 0 Å². The Balaban J connectivity index is 1.24. The molecule has 0 aliphatic carbocycles. The van der Waals surface area contributed by atoms with Crippen molar-refractivity contribution < 1.29 is 0 Å². The summed E-state index contributed by atoms with van der Waals surface area (Å²) < 4.78 is 0. The van der Waals surface area contributed by atoms with Gasteiger partial charge in [0.15, 0.2) is 0 Å². The van der Waals surface area contributed by atoms with Crippen LogP contribution in [0.25, 0.3) is 6.08 Å². The number of hydrogen-bond donors (Lipinski definition) is 1. The summed E-state index contributed by atoms with van der Waals surface area (Å²) in [7, 11) is 0. The van der Waals surface area contributed by atoms with Crippen LogP contribution >= 0.6 is 0 Å². The highest BCUT2D eigenvalue weighted by Gasteiger charge is 2.17. The van der Waals surface area contributed by atoms with Crippen molar-refractivity contribution in [1.29, 1.82) is 0 Å². The summed E-state index contributed by atoms with van der Waals surface area (Å²) in [5.74, 6) is 0.596. The molecule has 4 rings (SSSR count). The van der Waals surface area contributed by atoms with Gasteiger partial charge >= 0.3 is 0 Å². The molecule has 2 saturated heterocycles. The van der Waals surface area contributed by atoms with Crippen LogP contribution in [0.2, 0.25) is 0 Å². The molecule has 0 saturated carbocycles. The molecule has 0 radical (unpaired) electrons. The summed E-state index contributed by atoms with van der Waals surface area (Å²) in [5, 5.41) is 3.69. The minimum Gasteiger partial charge on any atom is -0.311 e. The molecule has 2 heterocycles. The van der Waals surface area contributed by atoms with Gasteiger partial charge in [0, 0.05) is 39.3 Å². The summed E-state index contributed by atoms with van der Waals surface area (Å²) in [6.45, 7) is 11.7.